The van der Waals surface area contributed by atoms with Crippen LogP contribution in [0.4, 0.5) is 25.1 Å². The maximum absolute atomic E-state index is 15.2. The molecular formula is C24H24F2N4O4. The highest BCUT2D eigenvalue weighted by Gasteiger charge is 2.47. The Bertz CT molecular complexity index is 1140. The van der Waals surface area contributed by atoms with E-state index in [2.05, 4.69) is 10.3 Å². The van der Waals surface area contributed by atoms with Gasteiger partial charge in [0, 0.05) is 37.2 Å². The number of nitriles is 1. The van der Waals surface area contributed by atoms with E-state index in [4.69, 9.17) is 19.5 Å². The van der Waals surface area contributed by atoms with Gasteiger partial charge in [-0.2, -0.15) is 9.65 Å². The number of ether oxygens (including phenoxy) is 3. The number of benzene rings is 1. The number of carbonyl (C=O) groups is 1. The molecule has 1 saturated carbocycles. The molecule has 2 aliphatic heterocycles. The largest absolute Gasteiger partial charge is 0.486 e. The Morgan fingerprint density at radius 3 is 2.65 bits per heavy atom. The highest BCUT2D eigenvalue weighted by molar-refractivity contribution is 5.68. The Labute approximate surface area is 195 Å². The summed E-state index contributed by atoms with van der Waals surface area (Å²) in [7, 11) is 0. The van der Waals surface area contributed by atoms with Crippen LogP contribution in [0.2, 0.25) is 0 Å². The van der Waals surface area contributed by atoms with E-state index in [1.165, 1.54) is 24.4 Å². The van der Waals surface area contributed by atoms with Crippen molar-refractivity contribution in [1.29, 1.82) is 5.26 Å². The third-order valence-electron chi connectivity index (χ3n) is 6.52. The minimum atomic E-state index is -0.756. The van der Waals surface area contributed by atoms with Gasteiger partial charge in [-0.15, -0.1) is 0 Å². The van der Waals surface area contributed by atoms with Gasteiger partial charge in [-0.3, -0.25) is 0 Å². The van der Waals surface area contributed by atoms with E-state index in [1.807, 2.05) is 13.0 Å². The monoisotopic (exact) mass is 470 g/mol. The van der Waals surface area contributed by atoms with Gasteiger partial charge in [0.05, 0.1) is 30.5 Å². The molecule has 2 aromatic rings. The molecule has 0 radical (unpaired) electrons. The van der Waals surface area contributed by atoms with Gasteiger partial charge in [-0.25, -0.2) is 14.2 Å². The lowest BCUT2D eigenvalue weighted by Crippen LogP contribution is -2.59. The molecule has 0 spiro atoms. The number of halogens is 2. The molecule has 10 heteroatoms. The lowest BCUT2D eigenvalue weighted by molar-refractivity contribution is -0.111. The van der Waals surface area contributed by atoms with E-state index in [0.717, 1.165) is 18.9 Å². The molecule has 2 atom stereocenters. The Kier molecular flexibility index (Phi) is 5.73. The van der Waals surface area contributed by atoms with Crippen molar-refractivity contribution in [2.75, 3.05) is 31.6 Å². The molecule has 178 valence electrons. The van der Waals surface area contributed by atoms with E-state index < -0.39 is 11.6 Å². The van der Waals surface area contributed by atoms with Crippen molar-refractivity contribution in [3.05, 3.63) is 47.7 Å². The fourth-order valence-electron chi connectivity index (χ4n) is 4.36. The van der Waals surface area contributed by atoms with Crippen molar-refractivity contribution in [3.8, 4) is 11.8 Å². The maximum atomic E-state index is 15.2. The first kappa shape index (κ1) is 22.3. The topological polar surface area (TPSA) is 96.7 Å². The van der Waals surface area contributed by atoms with Crippen LogP contribution in [0.3, 0.4) is 0 Å². The summed E-state index contributed by atoms with van der Waals surface area (Å²) in [5, 5.41) is 11.5. The van der Waals surface area contributed by atoms with Gasteiger partial charge in [0.2, 0.25) is 5.82 Å². The lowest BCUT2D eigenvalue weighted by atomic mass is 9.84. The highest BCUT2D eigenvalue weighted by Crippen LogP contribution is 2.40. The van der Waals surface area contributed by atoms with E-state index in [1.54, 1.807) is 4.90 Å². The molecule has 1 aromatic carbocycles. The number of nitrogens with zero attached hydrogens (tertiary/aromatic N) is 3. The molecule has 5 rings (SSSR count). The normalized spacial score (nSPS) is 24.6. The molecule has 2 bridgehead atoms. The molecular weight excluding hydrogens is 446 g/mol. The molecule has 2 unspecified atom stereocenters. The zero-order chi connectivity index (χ0) is 23.9. The van der Waals surface area contributed by atoms with Gasteiger partial charge < -0.3 is 24.4 Å². The van der Waals surface area contributed by atoms with Crippen molar-refractivity contribution < 1.29 is 27.8 Å². The van der Waals surface area contributed by atoms with Crippen molar-refractivity contribution in [3.63, 3.8) is 0 Å². The van der Waals surface area contributed by atoms with E-state index >= 15 is 4.39 Å². The fourth-order valence-corrected chi connectivity index (χ4v) is 4.36. The Morgan fingerprint density at radius 2 is 2.00 bits per heavy atom. The second-order valence-electron chi connectivity index (χ2n) is 9.27. The summed E-state index contributed by atoms with van der Waals surface area (Å²) >= 11 is 0. The molecule has 3 heterocycles. The standard InChI is InChI=1S/C24H24F2N4O4/c1-24(5-6-24)34-23(31)30-10-15-12-32-13-16(11-30)21(15)33-19-4-7-28-22(20(19)26)29-18-3-2-14(9-27)8-17(18)25/h2-4,7-8,15-16,21H,5-6,10-13H2,1H3,(H,28,29). The van der Waals surface area contributed by atoms with E-state index in [9.17, 15) is 9.18 Å². The Morgan fingerprint density at radius 1 is 1.26 bits per heavy atom. The molecule has 3 aliphatic rings. The number of rotatable bonds is 5. The first-order valence-electron chi connectivity index (χ1n) is 11.2. The van der Waals surface area contributed by atoms with Crippen LogP contribution < -0.4 is 10.1 Å². The Balaban J connectivity index is 1.30. The molecule has 3 fully saturated rings. The van der Waals surface area contributed by atoms with Gasteiger partial charge >= 0.3 is 6.09 Å². The molecule has 1 aliphatic carbocycles. The summed E-state index contributed by atoms with van der Waals surface area (Å²) in [5.74, 6) is -1.96. The average molecular weight is 470 g/mol. The minimum Gasteiger partial charge on any atom is -0.486 e. The van der Waals surface area contributed by atoms with Gasteiger partial charge in [0.25, 0.3) is 0 Å². The van der Waals surface area contributed by atoms with Crippen LogP contribution in [0.15, 0.2) is 30.5 Å². The van der Waals surface area contributed by atoms with Crippen LogP contribution in [-0.2, 0) is 9.47 Å². The number of piperidine rings is 1. The number of hydrogen-bond donors (Lipinski definition) is 1. The maximum Gasteiger partial charge on any atom is 0.410 e. The highest BCUT2D eigenvalue weighted by atomic mass is 19.1. The smallest absolute Gasteiger partial charge is 0.410 e. The summed E-state index contributed by atoms with van der Waals surface area (Å²) in [6, 6.07) is 7.10. The summed E-state index contributed by atoms with van der Waals surface area (Å²) in [6.45, 7) is 3.48. The molecule has 2 saturated heterocycles. The third-order valence-corrected chi connectivity index (χ3v) is 6.52. The number of hydrogen-bond acceptors (Lipinski definition) is 7. The van der Waals surface area contributed by atoms with Crippen LogP contribution in [-0.4, -0.2) is 54.0 Å². The Hall–Kier alpha value is -3.45. The van der Waals surface area contributed by atoms with E-state index in [0.29, 0.717) is 26.3 Å². The summed E-state index contributed by atoms with van der Waals surface area (Å²) in [6.07, 6.45) is 2.43. The third kappa shape index (κ3) is 4.48. The number of carbonyl (C=O) groups excluding carboxylic acids is 1. The van der Waals surface area contributed by atoms with Crippen molar-refractivity contribution >= 4 is 17.6 Å². The average Bonchev–Trinajstić information content (AvgIpc) is 3.53. The van der Waals surface area contributed by atoms with Gasteiger partial charge in [-0.1, -0.05) is 0 Å². The van der Waals surface area contributed by atoms with Crippen molar-refractivity contribution in [2.24, 2.45) is 11.8 Å². The van der Waals surface area contributed by atoms with Gasteiger partial charge in [-0.05, 0) is 38.0 Å². The minimum absolute atomic E-state index is 0.0102. The van der Waals surface area contributed by atoms with Crippen LogP contribution >= 0.6 is 0 Å². The van der Waals surface area contributed by atoms with Crippen LogP contribution in [0.5, 0.6) is 5.75 Å². The van der Waals surface area contributed by atoms with Crippen LogP contribution in [0.1, 0.15) is 25.3 Å². The number of nitrogens with one attached hydrogen (secondary N) is 1. The van der Waals surface area contributed by atoms with E-state index in [-0.39, 0.29) is 52.5 Å². The first-order valence-corrected chi connectivity index (χ1v) is 11.2. The zero-order valence-electron chi connectivity index (χ0n) is 18.6. The number of fused-ring (bicyclic) bond motifs is 2. The fraction of sp³-hybridized carbons (Fsp3) is 0.458. The SMILES string of the molecule is CC1(OC(=O)N2CC3COCC(C2)C3Oc2ccnc(Nc3ccc(C#N)cc3F)c2F)CC1. The summed E-state index contributed by atoms with van der Waals surface area (Å²) < 4.78 is 46.8. The molecule has 1 aromatic heterocycles. The van der Waals surface area contributed by atoms with Crippen molar-refractivity contribution in [1.82, 2.24) is 9.88 Å². The molecule has 34 heavy (non-hydrogen) atoms. The summed E-state index contributed by atoms with van der Waals surface area (Å²) in [4.78, 5) is 18.2. The number of amides is 1. The predicted molar refractivity (Wildman–Crippen MR) is 117 cm³/mol. The molecule has 1 N–H and O–H groups in total. The molecule has 1 amide bonds. The quantitative estimate of drug-likeness (QED) is 0.706. The second kappa shape index (κ2) is 8.72. The zero-order valence-corrected chi connectivity index (χ0v) is 18.6. The number of pyridine rings is 1. The number of aromatic nitrogens is 1. The van der Waals surface area contributed by atoms with Gasteiger partial charge in [0.1, 0.15) is 17.5 Å². The predicted octanol–water partition coefficient (Wildman–Crippen LogP) is 3.99. The second-order valence-corrected chi connectivity index (χ2v) is 9.27. The lowest BCUT2D eigenvalue weighted by Gasteiger charge is -2.46. The number of likely N-dealkylation sites (tertiary alicyclic amines) is 1. The van der Waals surface area contributed by atoms with Crippen LogP contribution in [0.25, 0.3) is 0 Å². The molecule has 8 nitrogen and oxygen atoms in total. The summed E-state index contributed by atoms with van der Waals surface area (Å²) in [5.41, 5.74) is -0.207. The van der Waals surface area contributed by atoms with Crippen molar-refractivity contribution in [2.45, 2.75) is 31.5 Å². The first-order chi connectivity index (χ1) is 16.3. The van der Waals surface area contributed by atoms with Crippen LogP contribution in [0, 0.1) is 34.8 Å². The number of anilines is 2. The van der Waals surface area contributed by atoms with Gasteiger partial charge in [0.15, 0.2) is 11.6 Å².